The summed E-state index contributed by atoms with van der Waals surface area (Å²) in [5.41, 5.74) is 5.68. The first-order chi connectivity index (χ1) is 5.13. The molecule has 4 nitrogen and oxygen atoms in total. The Balaban J connectivity index is 2.53. The monoisotopic (exact) mass is 156 g/mol. The molecule has 1 aliphatic heterocycles. The molecule has 2 N–H and O–H groups in total. The van der Waals surface area contributed by atoms with Gasteiger partial charge in [-0.05, 0) is 0 Å². The molecule has 2 unspecified atom stereocenters. The van der Waals surface area contributed by atoms with E-state index in [0.29, 0.717) is 13.1 Å². The van der Waals surface area contributed by atoms with Crippen molar-refractivity contribution >= 4 is 5.91 Å². The lowest BCUT2D eigenvalue weighted by molar-refractivity contribution is -0.132. The van der Waals surface area contributed by atoms with Crippen molar-refractivity contribution in [3.8, 4) is 0 Å². The van der Waals surface area contributed by atoms with Gasteiger partial charge in [-0.25, -0.2) is 5.32 Å². The second-order valence-electron chi connectivity index (χ2n) is 3.09. The van der Waals surface area contributed by atoms with E-state index in [1.807, 2.05) is 0 Å². The van der Waals surface area contributed by atoms with E-state index in [0.717, 1.165) is 0 Å². The third kappa shape index (κ3) is 1.70. The maximum absolute atomic E-state index is 11.3. The van der Waals surface area contributed by atoms with Gasteiger partial charge in [-0.3, -0.25) is 4.79 Å². The van der Waals surface area contributed by atoms with Gasteiger partial charge in [0.25, 0.3) is 0 Å². The zero-order chi connectivity index (χ0) is 8.43. The average Bonchev–Trinajstić information content (AvgIpc) is 2.33. The third-order valence-corrected chi connectivity index (χ3v) is 1.94. The summed E-state index contributed by atoms with van der Waals surface area (Å²) < 4.78 is 0. The fourth-order valence-electron chi connectivity index (χ4n) is 1.22. The molecule has 0 saturated carbocycles. The smallest absolute Gasteiger partial charge is 0.228 e. The number of nitrogens with two attached hydrogens (primary N) is 1. The molecule has 0 aromatic rings. The van der Waals surface area contributed by atoms with Crippen molar-refractivity contribution in [1.29, 1.82) is 0 Å². The molecule has 1 saturated heterocycles. The Labute approximate surface area is 66.7 Å². The number of amides is 1. The lowest BCUT2D eigenvalue weighted by Crippen LogP contribution is -2.40. The topological polar surface area (TPSA) is 60.4 Å². The number of nitrogens with zero attached hydrogens (tertiary/aromatic N) is 2. The van der Waals surface area contributed by atoms with E-state index in [4.69, 9.17) is 5.73 Å². The molecule has 1 heterocycles. The molecule has 0 aromatic carbocycles. The Morgan fingerprint density at radius 2 is 2.18 bits per heavy atom. The lowest BCUT2D eigenvalue weighted by atomic mass is 10.0. The minimum atomic E-state index is -0.0787. The number of carbonyl (C=O) groups excluding carboxylic acids is 1. The Kier molecular flexibility index (Phi) is 2.46. The van der Waals surface area contributed by atoms with Crippen LogP contribution in [-0.2, 0) is 4.79 Å². The highest BCUT2D eigenvalue weighted by Gasteiger charge is 2.31. The first-order valence-electron chi connectivity index (χ1n) is 3.73. The van der Waals surface area contributed by atoms with Gasteiger partial charge in [-0.1, -0.05) is 0 Å². The van der Waals surface area contributed by atoms with E-state index < -0.39 is 0 Å². The largest absolute Gasteiger partial charge is 0.348 e. The fourth-order valence-corrected chi connectivity index (χ4v) is 1.22. The van der Waals surface area contributed by atoms with Gasteiger partial charge in [0.05, 0.1) is 5.92 Å². The van der Waals surface area contributed by atoms with Crippen LogP contribution in [-0.4, -0.2) is 44.0 Å². The highest BCUT2D eigenvalue weighted by atomic mass is 16.2. The number of hydrogen-bond donors (Lipinski definition) is 1. The van der Waals surface area contributed by atoms with Crippen molar-refractivity contribution < 1.29 is 4.79 Å². The fraction of sp³-hybridized carbons (Fsp3) is 0.857. The summed E-state index contributed by atoms with van der Waals surface area (Å²) in [5.74, 6) is 0.0174. The summed E-state index contributed by atoms with van der Waals surface area (Å²) in [7, 11) is 3.49. The van der Waals surface area contributed by atoms with Crippen LogP contribution in [0.3, 0.4) is 0 Å². The maximum Gasteiger partial charge on any atom is 0.228 e. The van der Waals surface area contributed by atoms with Gasteiger partial charge in [-0.15, -0.1) is 0 Å². The molecule has 1 fully saturated rings. The Hall–Kier alpha value is -0.610. The first-order valence-corrected chi connectivity index (χ1v) is 3.73. The number of carbonyl (C=O) groups is 1. The zero-order valence-electron chi connectivity index (χ0n) is 6.95. The van der Waals surface area contributed by atoms with Gasteiger partial charge in [0.2, 0.25) is 5.91 Å². The Morgan fingerprint density at radius 3 is 2.55 bits per heavy atom. The SMILES string of the molecule is CN(C)C(=O)C1C[N]CC1N. The summed E-state index contributed by atoms with van der Waals surface area (Å²) in [6, 6.07) is -0.0649. The predicted molar refractivity (Wildman–Crippen MR) is 42.0 cm³/mol. The van der Waals surface area contributed by atoms with Crippen molar-refractivity contribution in [3.63, 3.8) is 0 Å². The molecule has 1 rings (SSSR count). The third-order valence-electron chi connectivity index (χ3n) is 1.94. The maximum atomic E-state index is 11.3. The van der Waals surface area contributed by atoms with Crippen LogP contribution in [0.25, 0.3) is 0 Å². The molecule has 4 heteroatoms. The molecule has 1 aliphatic rings. The zero-order valence-corrected chi connectivity index (χ0v) is 6.95. The van der Waals surface area contributed by atoms with Crippen LogP contribution >= 0.6 is 0 Å². The first kappa shape index (κ1) is 8.49. The van der Waals surface area contributed by atoms with Crippen molar-refractivity contribution in [2.45, 2.75) is 6.04 Å². The molecule has 0 aromatic heterocycles. The van der Waals surface area contributed by atoms with Crippen molar-refractivity contribution in [1.82, 2.24) is 10.2 Å². The summed E-state index contributed by atoms with van der Waals surface area (Å²) >= 11 is 0. The van der Waals surface area contributed by atoms with Crippen LogP contribution in [0.15, 0.2) is 0 Å². The van der Waals surface area contributed by atoms with Gasteiger partial charge in [0.15, 0.2) is 0 Å². The summed E-state index contributed by atoms with van der Waals surface area (Å²) in [6.07, 6.45) is 0. The second kappa shape index (κ2) is 3.19. The van der Waals surface area contributed by atoms with Crippen molar-refractivity contribution in [2.24, 2.45) is 11.7 Å². The standard InChI is InChI=1S/C7H14N3O/c1-10(2)7(11)5-3-9-4-6(5)8/h5-6H,3-4,8H2,1-2H3. The van der Waals surface area contributed by atoms with E-state index in [2.05, 4.69) is 5.32 Å². The van der Waals surface area contributed by atoms with E-state index in [1.54, 1.807) is 19.0 Å². The van der Waals surface area contributed by atoms with E-state index in [1.165, 1.54) is 0 Å². The van der Waals surface area contributed by atoms with Crippen LogP contribution in [0, 0.1) is 5.92 Å². The van der Waals surface area contributed by atoms with E-state index in [9.17, 15) is 4.79 Å². The number of hydrogen-bond acceptors (Lipinski definition) is 2. The normalized spacial score (nSPS) is 30.5. The highest BCUT2D eigenvalue weighted by molar-refractivity contribution is 5.79. The van der Waals surface area contributed by atoms with Crippen LogP contribution in [0.5, 0.6) is 0 Å². The lowest BCUT2D eigenvalue weighted by Gasteiger charge is -2.17. The predicted octanol–water partition coefficient (Wildman–Crippen LogP) is -1.36. The summed E-state index contributed by atoms with van der Waals surface area (Å²) in [6.45, 7) is 1.22. The molecular formula is C7H14N3O. The Morgan fingerprint density at radius 1 is 1.55 bits per heavy atom. The van der Waals surface area contributed by atoms with Gasteiger partial charge in [0.1, 0.15) is 0 Å². The van der Waals surface area contributed by atoms with Crippen LogP contribution in [0.4, 0.5) is 0 Å². The molecule has 0 bridgehead atoms. The van der Waals surface area contributed by atoms with Crippen LogP contribution < -0.4 is 11.1 Å². The molecular weight excluding hydrogens is 142 g/mol. The minimum Gasteiger partial charge on any atom is -0.348 e. The molecule has 0 spiro atoms. The quantitative estimate of drug-likeness (QED) is 0.509. The van der Waals surface area contributed by atoms with Crippen molar-refractivity contribution in [2.75, 3.05) is 27.2 Å². The Bertz CT molecular complexity index is 158. The van der Waals surface area contributed by atoms with Crippen LogP contribution in [0.2, 0.25) is 0 Å². The van der Waals surface area contributed by atoms with E-state index >= 15 is 0 Å². The highest BCUT2D eigenvalue weighted by Crippen LogP contribution is 2.09. The summed E-state index contributed by atoms with van der Waals surface area (Å²) in [4.78, 5) is 12.9. The average molecular weight is 156 g/mol. The van der Waals surface area contributed by atoms with Gasteiger partial charge in [-0.2, -0.15) is 0 Å². The summed E-state index contributed by atoms with van der Waals surface area (Å²) in [5, 5.41) is 4.08. The molecule has 0 aliphatic carbocycles. The molecule has 1 radical (unpaired) electrons. The molecule has 1 amide bonds. The van der Waals surface area contributed by atoms with Crippen molar-refractivity contribution in [3.05, 3.63) is 0 Å². The van der Waals surface area contributed by atoms with Gasteiger partial charge < -0.3 is 10.6 Å². The van der Waals surface area contributed by atoms with E-state index in [-0.39, 0.29) is 17.9 Å². The second-order valence-corrected chi connectivity index (χ2v) is 3.09. The van der Waals surface area contributed by atoms with Gasteiger partial charge >= 0.3 is 0 Å². The molecule has 63 valence electrons. The van der Waals surface area contributed by atoms with Gasteiger partial charge in [0, 0.05) is 33.2 Å². The minimum absolute atomic E-state index is 0.0649. The molecule has 11 heavy (non-hydrogen) atoms. The molecule has 2 atom stereocenters. The number of rotatable bonds is 1. The van der Waals surface area contributed by atoms with Crippen LogP contribution in [0.1, 0.15) is 0 Å².